The molecule has 0 spiro atoms. The summed E-state index contributed by atoms with van der Waals surface area (Å²) in [4.78, 5) is 31.0. The highest BCUT2D eigenvalue weighted by Gasteiger charge is 2.40. The van der Waals surface area contributed by atoms with E-state index in [9.17, 15) is 14.3 Å². The summed E-state index contributed by atoms with van der Waals surface area (Å²) in [6.45, 7) is 5.02. The van der Waals surface area contributed by atoms with Crippen molar-refractivity contribution in [3.8, 4) is 0 Å². The topological polar surface area (TPSA) is 121 Å². The summed E-state index contributed by atoms with van der Waals surface area (Å²) in [5.74, 6) is -0.734. The molecule has 0 radical (unpaired) electrons. The number of aromatic nitrogens is 4. The molecule has 4 aromatic rings. The van der Waals surface area contributed by atoms with Gasteiger partial charge in [-0.15, -0.1) is 0 Å². The van der Waals surface area contributed by atoms with Gasteiger partial charge in [0.05, 0.1) is 17.7 Å². The van der Waals surface area contributed by atoms with Gasteiger partial charge < -0.3 is 23.8 Å². The Labute approximate surface area is 175 Å². The van der Waals surface area contributed by atoms with Gasteiger partial charge in [-0.25, -0.2) is 19.3 Å². The summed E-state index contributed by atoms with van der Waals surface area (Å²) >= 11 is 0. The van der Waals surface area contributed by atoms with Gasteiger partial charge in [0.1, 0.15) is 11.1 Å². The van der Waals surface area contributed by atoms with Gasteiger partial charge >= 0.3 is 0 Å². The number of para-hydroxylation sites is 1. The van der Waals surface area contributed by atoms with Crippen molar-refractivity contribution in [1.29, 1.82) is 0 Å². The Morgan fingerprint density at radius 1 is 1.32 bits per heavy atom. The second kappa shape index (κ2) is 6.74. The third kappa shape index (κ3) is 3.10. The molecule has 0 saturated heterocycles. The molecule has 1 aromatic carbocycles. The molecule has 9 nitrogen and oxygen atoms in total. The predicted molar refractivity (Wildman–Crippen MR) is 106 cm³/mol. The SMILES string of the molecule is Cc1nc(C(C)(C)O)oc1C(=O)N1CCc2[nH]cnc2[C@H]1c1nc2c(F)cccc2o1. The molecule has 0 fully saturated rings. The number of aromatic amines is 1. The monoisotopic (exact) mass is 425 g/mol. The van der Waals surface area contributed by atoms with Crippen LogP contribution in [0.5, 0.6) is 0 Å². The number of carbonyl (C=O) groups is 1. The van der Waals surface area contributed by atoms with E-state index in [0.29, 0.717) is 24.4 Å². The van der Waals surface area contributed by atoms with E-state index in [1.807, 2.05) is 0 Å². The molecule has 1 atom stereocenters. The molecular weight excluding hydrogens is 405 g/mol. The third-order valence-corrected chi connectivity index (χ3v) is 5.32. The van der Waals surface area contributed by atoms with Crippen LogP contribution in [0.4, 0.5) is 4.39 Å². The van der Waals surface area contributed by atoms with Gasteiger partial charge in [0, 0.05) is 18.7 Å². The van der Waals surface area contributed by atoms with Crippen molar-refractivity contribution in [1.82, 2.24) is 24.8 Å². The largest absolute Gasteiger partial charge is 0.438 e. The normalized spacial score (nSPS) is 16.7. The molecule has 0 unspecified atom stereocenters. The van der Waals surface area contributed by atoms with Gasteiger partial charge in [0.2, 0.25) is 17.5 Å². The highest BCUT2D eigenvalue weighted by Crippen LogP contribution is 2.36. The molecule has 5 rings (SSSR count). The van der Waals surface area contributed by atoms with Gasteiger partial charge in [0.15, 0.2) is 17.4 Å². The highest BCUT2D eigenvalue weighted by atomic mass is 19.1. The molecule has 0 bridgehead atoms. The average molecular weight is 425 g/mol. The number of oxazole rings is 2. The number of nitrogens with one attached hydrogen (secondary N) is 1. The molecule has 1 amide bonds. The number of amides is 1. The Morgan fingerprint density at radius 2 is 2.13 bits per heavy atom. The van der Waals surface area contributed by atoms with E-state index < -0.39 is 23.4 Å². The molecular formula is C21H20FN5O4. The summed E-state index contributed by atoms with van der Waals surface area (Å²) in [5.41, 5.74) is 0.822. The van der Waals surface area contributed by atoms with E-state index in [4.69, 9.17) is 8.83 Å². The van der Waals surface area contributed by atoms with E-state index in [2.05, 4.69) is 19.9 Å². The predicted octanol–water partition coefficient (Wildman–Crippen LogP) is 3.00. The Morgan fingerprint density at radius 3 is 2.84 bits per heavy atom. The number of hydrogen-bond donors (Lipinski definition) is 2. The molecule has 10 heteroatoms. The van der Waals surface area contributed by atoms with E-state index in [1.165, 1.54) is 30.9 Å². The minimum Gasteiger partial charge on any atom is -0.438 e. The minimum absolute atomic E-state index is 0.0170. The third-order valence-electron chi connectivity index (χ3n) is 5.32. The van der Waals surface area contributed by atoms with E-state index >= 15 is 0 Å². The lowest BCUT2D eigenvalue weighted by Gasteiger charge is -2.32. The number of carbonyl (C=O) groups excluding carboxylic acids is 1. The molecule has 4 heterocycles. The Balaban J connectivity index is 1.61. The smallest absolute Gasteiger partial charge is 0.292 e. The molecule has 0 saturated carbocycles. The van der Waals surface area contributed by atoms with Gasteiger partial charge in [-0.1, -0.05) is 6.07 Å². The van der Waals surface area contributed by atoms with Crippen molar-refractivity contribution in [2.75, 3.05) is 6.54 Å². The van der Waals surface area contributed by atoms with Crippen LogP contribution in [0.1, 0.15) is 59.3 Å². The molecule has 1 aliphatic rings. The maximum atomic E-state index is 14.2. The van der Waals surface area contributed by atoms with Gasteiger partial charge in [-0.05, 0) is 32.9 Å². The van der Waals surface area contributed by atoms with Crippen molar-refractivity contribution >= 4 is 17.0 Å². The number of aliphatic hydroxyl groups is 1. The lowest BCUT2D eigenvalue weighted by molar-refractivity contribution is 0.0436. The average Bonchev–Trinajstić information content (AvgIpc) is 3.44. The summed E-state index contributed by atoms with van der Waals surface area (Å²) in [5, 5.41) is 10.2. The molecule has 3 aromatic heterocycles. The second-order valence-electron chi connectivity index (χ2n) is 8.05. The van der Waals surface area contributed by atoms with Crippen LogP contribution in [0.3, 0.4) is 0 Å². The van der Waals surface area contributed by atoms with Crippen LogP contribution >= 0.6 is 0 Å². The summed E-state index contributed by atoms with van der Waals surface area (Å²) in [6.07, 6.45) is 2.08. The first-order valence-corrected chi connectivity index (χ1v) is 9.82. The summed E-state index contributed by atoms with van der Waals surface area (Å²) in [6, 6.07) is 3.68. The number of aryl methyl sites for hydroxylation is 1. The number of halogens is 1. The fourth-order valence-electron chi connectivity index (χ4n) is 3.78. The van der Waals surface area contributed by atoms with Crippen molar-refractivity contribution in [3.05, 3.63) is 65.0 Å². The molecule has 1 aliphatic heterocycles. The summed E-state index contributed by atoms with van der Waals surface area (Å²) in [7, 11) is 0. The second-order valence-corrected chi connectivity index (χ2v) is 8.05. The fourth-order valence-corrected chi connectivity index (χ4v) is 3.78. The molecule has 160 valence electrons. The van der Waals surface area contributed by atoms with Crippen LogP contribution in [0, 0.1) is 12.7 Å². The standard InChI is InChI=1S/C21H20FN5O4/c1-10-17(31-20(25-10)21(2,3)29)19(28)27-8-7-12-15(24-9-23-12)16(27)18-26-14-11(22)5-4-6-13(14)30-18/h4-6,9,16,29H,7-8H2,1-3H3,(H,23,24)/t16-/m0/s1. The highest BCUT2D eigenvalue weighted by molar-refractivity contribution is 5.93. The fraction of sp³-hybridized carbons (Fsp3) is 0.333. The van der Waals surface area contributed by atoms with Crippen molar-refractivity contribution in [2.45, 2.75) is 38.8 Å². The molecule has 2 N–H and O–H groups in total. The number of fused-ring (bicyclic) bond motifs is 2. The zero-order chi connectivity index (χ0) is 21.9. The number of nitrogens with zero attached hydrogens (tertiary/aromatic N) is 4. The minimum atomic E-state index is -1.34. The van der Waals surface area contributed by atoms with E-state index in [0.717, 1.165) is 5.69 Å². The number of hydrogen-bond acceptors (Lipinski definition) is 7. The van der Waals surface area contributed by atoms with Crippen LogP contribution in [-0.2, 0) is 12.0 Å². The number of imidazole rings is 1. The van der Waals surface area contributed by atoms with Crippen molar-refractivity contribution in [3.63, 3.8) is 0 Å². The zero-order valence-electron chi connectivity index (χ0n) is 17.1. The van der Waals surface area contributed by atoms with Crippen molar-refractivity contribution < 1.29 is 23.1 Å². The maximum Gasteiger partial charge on any atom is 0.292 e. The number of benzene rings is 1. The van der Waals surface area contributed by atoms with Crippen LogP contribution in [0.2, 0.25) is 0 Å². The van der Waals surface area contributed by atoms with Crippen LogP contribution < -0.4 is 0 Å². The Hall–Kier alpha value is -3.53. The quantitative estimate of drug-likeness (QED) is 0.517. The molecule has 31 heavy (non-hydrogen) atoms. The van der Waals surface area contributed by atoms with Crippen molar-refractivity contribution in [2.24, 2.45) is 0 Å². The van der Waals surface area contributed by atoms with Gasteiger partial charge in [0.25, 0.3) is 5.91 Å². The lowest BCUT2D eigenvalue weighted by atomic mass is 10.0. The van der Waals surface area contributed by atoms with E-state index in [-0.39, 0.29) is 28.6 Å². The first kappa shape index (κ1) is 19.4. The maximum absolute atomic E-state index is 14.2. The van der Waals surface area contributed by atoms with Crippen LogP contribution in [-0.4, -0.2) is 42.4 Å². The molecule has 0 aliphatic carbocycles. The lowest BCUT2D eigenvalue weighted by Crippen LogP contribution is -2.41. The van der Waals surface area contributed by atoms with Crippen LogP contribution in [0.25, 0.3) is 11.1 Å². The first-order chi connectivity index (χ1) is 14.7. The first-order valence-electron chi connectivity index (χ1n) is 9.82. The summed E-state index contributed by atoms with van der Waals surface area (Å²) < 4.78 is 25.7. The van der Waals surface area contributed by atoms with Crippen LogP contribution in [0.15, 0.2) is 33.4 Å². The number of rotatable bonds is 3. The Kier molecular flexibility index (Phi) is 4.23. The Bertz CT molecular complexity index is 1300. The van der Waals surface area contributed by atoms with E-state index in [1.54, 1.807) is 19.3 Å². The van der Waals surface area contributed by atoms with Gasteiger partial charge in [-0.3, -0.25) is 4.79 Å². The zero-order valence-corrected chi connectivity index (χ0v) is 17.1. The van der Waals surface area contributed by atoms with Gasteiger partial charge in [-0.2, -0.15) is 0 Å². The number of H-pyrrole nitrogens is 1.